The van der Waals surface area contributed by atoms with Crippen molar-refractivity contribution < 1.29 is 14.3 Å². The van der Waals surface area contributed by atoms with Gasteiger partial charge in [-0.3, -0.25) is 9.59 Å². The van der Waals surface area contributed by atoms with Crippen LogP contribution in [-0.2, 0) is 4.79 Å². The van der Waals surface area contributed by atoms with E-state index in [1.807, 2.05) is 42.2 Å². The highest BCUT2D eigenvalue weighted by atomic mass is 32.2. The predicted octanol–water partition coefficient (Wildman–Crippen LogP) is 3.73. The van der Waals surface area contributed by atoms with Crippen molar-refractivity contribution in [1.82, 2.24) is 5.32 Å². The quantitative estimate of drug-likeness (QED) is 0.739. The summed E-state index contributed by atoms with van der Waals surface area (Å²) in [5.41, 5.74) is 1.51. The second-order valence-electron chi connectivity index (χ2n) is 6.15. The van der Waals surface area contributed by atoms with Crippen LogP contribution in [0.15, 0.2) is 53.4 Å². The van der Waals surface area contributed by atoms with E-state index in [9.17, 15) is 9.59 Å². The SMILES string of the molecule is CCOc1ccccc1C(=O)NCCCC(=O)N1CCSc2ccccc21. The number of ether oxygens (including phenoxy) is 1. The molecule has 0 aromatic heterocycles. The van der Waals surface area contributed by atoms with Crippen molar-refractivity contribution in [3.63, 3.8) is 0 Å². The van der Waals surface area contributed by atoms with E-state index in [-0.39, 0.29) is 11.8 Å². The molecule has 0 spiro atoms. The Hall–Kier alpha value is -2.47. The van der Waals surface area contributed by atoms with Gasteiger partial charge in [0, 0.05) is 30.2 Å². The Morgan fingerprint density at radius 3 is 2.78 bits per heavy atom. The van der Waals surface area contributed by atoms with Crippen LogP contribution in [0.3, 0.4) is 0 Å². The third kappa shape index (κ3) is 4.83. The van der Waals surface area contributed by atoms with Crippen LogP contribution < -0.4 is 15.0 Å². The molecule has 0 saturated carbocycles. The number of thioether (sulfide) groups is 1. The monoisotopic (exact) mass is 384 g/mol. The lowest BCUT2D eigenvalue weighted by Crippen LogP contribution is -2.36. The van der Waals surface area contributed by atoms with Crippen LogP contribution in [0, 0.1) is 0 Å². The van der Waals surface area contributed by atoms with Gasteiger partial charge in [-0.1, -0.05) is 24.3 Å². The number of hydrogen-bond donors (Lipinski definition) is 1. The molecule has 1 N–H and O–H groups in total. The van der Waals surface area contributed by atoms with Crippen molar-refractivity contribution in [2.75, 3.05) is 30.3 Å². The fourth-order valence-corrected chi connectivity index (χ4v) is 4.03. The minimum atomic E-state index is -0.175. The minimum Gasteiger partial charge on any atom is -0.493 e. The number of rotatable bonds is 7. The smallest absolute Gasteiger partial charge is 0.255 e. The average molecular weight is 385 g/mol. The van der Waals surface area contributed by atoms with Crippen LogP contribution in [0.1, 0.15) is 30.1 Å². The molecule has 27 heavy (non-hydrogen) atoms. The number of hydrogen-bond acceptors (Lipinski definition) is 4. The first-order chi connectivity index (χ1) is 13.2. The number of nitrogens with zero attached hydrogens (tertiary/aromatic N) is 1. The van der Waals surface area contributed by atoms with Crippen molar-refractivity contribution in [2.45, 2.75) is 24.7 Å². The maximum Gasteiger partial charge on any atom is 0.255 e. The first kappa shape index (κ1) is 19.3. The average Bonchev–Trinajstić information content (AvgIpc) is 2.71. The Labute approximate surface area is 164 Å². The zero-order valence-corrected chi connectivity index (χ0v) is 16.3. The van der Waals surface area contributed by atoms with Gasteiger partial charge < -0.3 is 15.0 Å². The summed E-state index contributed by atoms with van der Waals surface area (Å²) in [6.07, 6.45) is 1.01. The van der Waals surface area contributed by atoms with E-state index < -0.39 is 0 Å². The molecule has 142 valence electrons. The third-order valence-electron chi connectivity index (χ3n) is 4.31. The molecule has 0 bridgehead atoms. The fraction of sp³-hybridized carbons (Fsp3) is 0.333. The molecule has 5 nitrogen and oxygen atoms in total. The molecule has 0 saturated heterocycles. The summed E-state index contributed by atoms with van der Waals surface area (Å²) >= 11 is 1.78. The van der Waals surface area contributed by atoms with Gasteiger partial charge in [0.2, 0.25) is 5.91 Å². The highest BCUT2D eigenvalue weighted by Crippen LogP contribution is 2.34. The van der Waals surface area contributed by atoms with Crippen molar-refractivity contribution >= 4 is 29.3 Å². The lowest BCUT2D eigenvalue weighted by Gasteiger charge is -2.29. The summed E-state index contributed by atoms with van der Waals surface area (Å²) < 4.78 is 5.49. The Kier molecular flexibility index (Phi) is 6.76. The maximum absolute atomic E-state index is 12.6. The molecular formula is C21H24N2O3S. The van der Waals surface area contributed by atoms with Gasteiger partial charge in [-0.2, -0.15) is 0 Å². The first-order valence-corrected chi connectivity index (χ1v) is 10.2. The Bertz CT molecular complexity index is 810. The normalized spacial score (nSPS) is 13.0. The Morgan fingerprint density at radius 2 is 1.93 bits per heavy atom. The van der Waals surface area contributed by atoms with E-state index in [2.05, 4.69) is 11.4 Å². The van der Waals surface area contributed by atoms with Gasteiger partial charge in [-0.25, -0.2) is 0 Å². The first-order valence-electron chi connectivity index (χ1n) is 9.23. The zero-order valence-electron chi connectivity index (χ0n) is 15.4. The number of fused-ring (bicyclic) bond motifs is 1. The number of anilines is 1. The fourth-order valence-electron chi connectivity index (χ4n) is 3.04. The number of nitrogens with one attached hydrogen (secondary N) is 1. The summed E-state index contributed by atoms with van der Waals surface area (Å²) in [7, 11) is 0. The number of para-hydroxylation sites is 2. The van der Waals surface area contributed by atoms with Crippen molar-refractivity contribution in [3.8, 4) is 5.75 Å². The van der Waals surface area contributed by atoms with Crippen molar-refractivity contribution in [1.29, 1.82) is 0 Å². The van der Waals surface area contributed by atoms with Gasteiger partial charge in [0.25, 0.3) is 5.91 Å². The standard InChI is InChI=1S/C21H24N2O3S/c1-2-26-18-10-5-3-8-16(18)21(25)22-13-7-12-20(24)23-14-15-27-19-11-6-4-9-17(19)23/h3-6,8-11H,2,7,12-15H2,1H3,(H,22,25). The second kappa shape index (κ2) is 9.46. The number of carbonyl (C=O) groups is 2. The van der Waals surface area contributed by atoms with Crippen LogP contribution in [0.2, 0.25) is 0 Å². The topological polar surface area (TPSA) is 58.6 Å². The zero-order chi connectivity index (χ0) is 19.1. The van der Waals surface area contributed by atoms with Crippen LogP contribution >= 0.6 is 11.8 Å². The Balaban J connectivity index is 1.50. The number of benzene rings is 2. The minimum absolute atomic E-state index is 0.103. The number of amides is 2. The molecule has 2 amide bonds. The molecule has 0 atom stereocenters. The summed E-state index contributed by atoms with van der Waals surface area (Å²) in [6.45, 7) is 3.58. The highest BCUT2D eigenvalue weighted by molar-refractivity contribution is 7.99. The summed E-state index contributed by atoms with van der Waals surface area (Å²) in [5.74, 6) is 1.42. The Morgan fingerprint density at radius 1 is 1.15 bits per heavy atom. The second-order valence-corrected chi connectivity index (χ2v) is 7.29. The molecule has 0 unspecified atom stereocenters. The third-order valence-corrected chi connectivity index (χ3v) is 5.36. The molecule has 2 aromatic rings. The predicted molar refractivity (Wildman–Crippen MR) is 109 cm³/mol. The van der Waals surface area contributed by atoms with Crippen LogP contribution in [0.25, 0.3) is 0 Å². The molecule has 1 aliphatic heterocycles. The summed E-state index contributed by atoms with van der Waals surface area (Å²) in [4.78, 5) is 28.0. The summed E-state index contributed by atoms with van der Waals surface area (Å²) in [5, 5.41) is 2.88. The molecule has 0 radical (unpaired) electrons. The maximum atomic E-state index is 12.6. The summed E-state index contributed by atoms with van der Waals surface area (Å²) in [6, 6.07) is 15.2. The molecular weight excluding hydrogens is 360 g/mol. The molecule has 0 fully saturated rings. The lowest BCUT2D eigenvalue weighted by atomic mass is 10.2. The molecule has 1 heterocycles. The van der Waals surface area contributed by atoms with Crippen molar-refractivity contribution in [3.05, 3.63) is 54.1 Å². The van der Waals surface area contributed by atoms with E-state index in [0.29, 0.717) is 37.3 Å². The molecule has 2 aromatic carbocycles. The van der Waals surface area contributed by atoms with Crippen LogP contribution in [-0.4, -0.2) is 37.3 Å². The van der Waals surface area contributed by atoms with E-state index in [4.69, 9.17) is 4.74 Å². The van der Waals surface area contributed by atoms with Gasteiger partial charge in [0.15, 0.2) is 0 Å². The van der Waals surface area contributed by atoms with Gasteiger partial charge in [-0.05, 0) is 37.6 Å². The van der Waals surface area contributed by atoms with Gasteiger partial charge >= 0.3 is 0 Å². The highest BCUT2D eigenvalue weighted by Gasteiger charge is 2.22. The van der Waals surface area contributed by atoms with E-state index in [0.717, 1.165) is 22.9 Å². The molecule has 6 heteroatoms. The van der Waals surface area contributed by atoms with Gasteiger partial charge in [0.1, 0.15) is 5.75 Å². The molecule has 0 aliphatic carbocycles. The van der Waals surface area contributed by atoms with Crippen molar-refractivity contribution in [2.24, 2.45) is 0 Å². The van der Waals surface area contributed by atoms with E-state index in [1.165, 1.54) is 0 Å². The van der Waals surface area contributed by atoms with Crippen LogP contribution in [0.4, 0.5) is 5.69 Å². The lowest BCUT2D eigenvalue weighted by molar-refractivity contribution is -0.118. The van der Waals surface area contributed by atoms with E-state index >= 15 is 0 Å². The number of carbonyl (C=O) groups excluding carboxylic acids is 2. The van der Waals surface area contributed by atoms with Gasteiger partial charge in [0.05, 0.1) is 17.9 Å². The van der Waals surface area contributed by atoms with Gasteiger partial charge in [-0.15, -0.1) is 11.8 Å². The molecule has 3 rings (SSSR count). The largest absolute Gasteiger partial charge is 0.493 e. The van der Waals surface area contributed by atoms with Crippen LogP contribution in [0.5, 0.6) is 5.75 Å². The molecule has 1 aliphatic rings. The van der Waals surface area contributed by atoms with E-state index in [1.54, 1.807) is 23.9 Å².